The van der Waals surface area contributed by atoms with Crippen LogP contribution in [0, 0.1) is 0 Å². The first-order chi connectivity index (χ1) is 18.2. The average Bonchev–Trinajstić information content (AvgIpc) is 2.89. The van der Waals surface area contributed by atoms with Crippen LogP contribution in [0.15, 0.2) is 94.1 Å². The molecule has 0 atom stereocenters. The van der Waals surface area contributed by atoms with Gasteiger partial charge in [0.2, 0.25) is 11.2 Å². The first-order valence-electron chi connectivity index (χ1n) is 11.1. The number of halogens is 4. The Morgan fingerprint density at radius 1 is 0.842 bits per heavy atom. The van der Waals surface area contributed by atoms with E-state index in [2.05, 4.69) is 0 Å². The highest BCUT2D eigenvalue weighted by atomic mass is 35.5. The molecule has 4 aromatic carbocycles. The molecule has 0 bridgehead atoms. The number of rotatable bonds is 6. The van der Waals surface area contributed by atoms with Gasteiger partial charge in [-0.1, -0.05) is 41.9 Å². The molecule has 0 aliphatic rings. The van der Waals surface area contributed by atoms with E-state index in [-0.39, 0.29) is 16.9 Å². The predicted octanol–water partition coefficient (Wildman–Crippen LogP) is 7.40. The van der Waals surface area contributed by atoms with Gasteiger partial charge in [-0.15, -0.1) is 0 Å². The normalized spacial score (nSPS) is 11.5. The van der Waals surface area contributed by atoms with Crippen molar-refractivity contribution in [1.82, 2.24) is 0 Å². The Morgan fingerprint density at radius 3 is 2.26 bits per heavy atom. The minimum absolute atomic E-state index is 0.0343. The Kier molecular flexibility index (Phi) is 6.69. The highest BCUT2D eigenvalue weighted by molar-refractivity contribution is 6.30. The molecule has 0 aliphatic carbocycles. The third kappa shape index (κ3) is 5.42. The molecule has 0 amide bonds. The van der Waals surface area contributed by atoms with Gasteiger partial charge < -0.3 is 18.6 Å². The monoisotopic (exact) mass is 540 g/mol. The number of benzene rings is 4. The fourth-order valence-corrected chi connectivity index (χ4v) is 3.81. The number of hydrogen-bond donors (Lipinski definition) is 0. The lowest BCUT2D eigenvalue weighted by molar-refractivity contribution is -0.154. The lowest BCUT2D eigenvalue weighted by Crippen LogP contribution is -2.18. The van der Waals surface area contributed by atoms with Crippen LogP contribution in [0.3, 0.4) is 0 Å². The van der Waals surface area contributed by atoms with Crippen molar-refractivity contribution < 1.29 is 36.6 Å². The van der Waals surface area contributed by atoms with E-state index < -0.39 is 41.3 Å². The van der Waals surface area contributed by atoms with Crippen molar-refractivity contribution in [2.45, 2.75) is 6.18 Å². The molecule has 38 heavy (non-hydrogen) atoms. The van der Waals surface area contributed by atoms with Crippen LogP contribution in [0.5, 0.6) is 23.0 Å². The molecule has 5 rings (SSSR count). The van der Waals surface area contributed by atoms with E-state index in [4.69, 9.17) is 30.2 Å². The minimum Gasteiger partial charge on any atom is -0.482 e. The summed E-state index contributed by atoms with van der Waals surface area (Å²) in [7, 11) is 0. The van der Waals surface area contributed by atoms with Gasteiger partial charge in [0, 0.05) is 11.1 Å². The molecular weight excluding hydrogens is 525 g/mol. The van der Waals surface area contributed by atoms with Crippen LogP contribution < -0.4 is 19.6 Å². The third-order valence-corrected chi connectivity index (χ3v) is 5.67. The number of carbonyl (C=O) groups excluding carboxylic acids is 1. The number of hydrogen-bond acceptors (Lipinski definition) is 6. The molecule has 0 aliphatic heterocycles. The van der Waals surface area contributed by atoms with E-state index in [0.29, 0.717) is 10.8 Å². The summed E-state index contributed by atoms with van der Waals surface area (Å²) in [5.74, 6) is -3.17. The molecule has 0 unspecified atom stereocenters. The standard InChI is InChI=1S/C28H16ClF3O6/c29-18-6-9-19(10-7-18)35-15-24(33)36-21-11-12-22-23(14-21)38-27(28(30,31)32)26(25(22)34)37-20-8-5-16-3-1-2-4-17(16)13-20/h1-14H,15H2. The maximum Gasteiger partial charge on any atom is 0.453 e. The van der Waals surface area contributed by atoms with Gasteiger partial charge in [-0.25, -0.2) is 4.79 Å². The lowest BCUT2D eigenvalue weighted by atomic mass is 10.1. The molecule has 10 heteroatoms. The van der Waals surface area contributed by atoms with Gasteiger partial charge in [0.05, 0.1) is 5.39 Å². The number of carbonyl (C=O) groups is 1. The van der Waals surface area contributed by atoms with Crippen molar-refractivity contribution in [3.05, 3.63) is 106 Å². The number of alkyl halides is 3. The van der Waals surface area contributed by atoms with E-state index in [0.717, 1.165) is 16.8 Å². The fourth-order valence-electron chi connectivity index (χ4n) is 3.68. The Hall–Kier alpha value is -4.50. The molecule has 1 aromatic heterocycles. The molecule has 0 spiro atoms. The summed E-state index contributed by atoms with van der Waals surface area (Å²) in [6.45, 7) is -0.476. The zero-order chi connectivity index (χ0) is 26.9. The summed E-state index contributed by atoms with van der Waals surface area (Å²) >= 11 is 5.79. The Morgan fingerprint density at radius 2 is 1.53 bits per heavy atom. The highest BCUT2D eigenvalue weighted by Crippen LogP contribution is 2.39. The molecular formula is C28H16ClF3O6. The van der Waals surface area contributed by atoms with Crippen molar-refractivity contribution >= 4 is 39.3 Å². The van der Waals surface area contributed by atoms with Crippen molar-refractivity contribution in [3.63, 3.8) is 0 Å². The smallest absolute Gasteiger partial charge is 0.453 e. The first kappa shape index (κ1) is 25.2. The second-order valence-electron chi connectivity index (χ2n) is 8.07. The molecule has 1 heterocycles. The van der Waals surface area contributed by atoms with E-state index in [9.17, 15) is 22.8 Å². The van der Waals surface area contributed by atoms with Crippen LogP contribution >= 0.6 is 11.6 Å². The minimum atomic E-state index is -5.04. The van der Waals surface area contributed by atoms with E-state index >= 15 is 0 Å². The van der Waals surface area contributed by atoms with Gasteiger partial charge in [-0.05, 0) is 59.3 Å². The summed E-state index contributed by atoms with van der Waals surface area (Å²) in [5, 5.41) is 1.87. The Labute approximate surface area is 217 Å². The summed E-state index contributed by atoms with van der Waals surface area (Å²) in [6.07, 6.45) is -5.04. The summed E-state index contributed by atoms with van der Waals surface area (Å²) < 4.78 is 62.6. The summed E-state index contributed by atoms with van der Waals surface area (Å²) in [4.78, 5) is 25.2. The topological polar surface area (TPSA) is 75.0 Å². The van der Waals surface area contributed by atoms with Crippen LogP contribution in [0.1, 0.15) is 5.76 Å². The van der Waals surface area contributed by atoms with Crippen LogP contribution in [-0.4, -0.2) is 12.6 Å². The van der Waals surface area contributed by atoms with Crippen molar-refractivity contribution in [2.24, 2.45) is 0 Å². The Balaban J connectivity index is 1.43. The molecule has 0 saturated heterocycles. The van der Waals surface area contributed by atoms with Crippen molar-refractivity contribution in [1.29, 1.82) is 0 Å². The maximum atomic E-state index is 13.9. The second kappa shape index (κ2) is 10.1. The SMILES string of the molecule is O=C(COc1ccc(Cl)cc1)Oc1ccc2c(=O)c(Oc3ccc4ccccc4c3)c(C(F)(F)F)oc2c1. The van der Waals surface area contributed by atoms with Crippen LogP contribution in [0.25, 0.3) is 21.7 Å². The van der Waals surface area contributed by atoms with E-state index in [1.165, 1.54) is 24.3 Å². The van der Waals surface area contributed by atoms with E-state index in [1.54, 1.807) is 42.5 Å². The number of fused-ring (bicyclic) bond motifs is 2. The zero-order valence-electron chi connectivity index (χ0n) is 19.3. The second-order valence-corrected chi connectivity index (χ2v) is 8.51. The van der Waals surface area contributed by atoms with Gasteiger partial charge in [-0.2, -0.15) is 13.2 Å². The van der Waals surface area contributed by atoms with Gasteiger partial charge in [0.25, 0.3) is 5.76 Å². The highest BCUT2D eigenvalue weighted by Gasteiger charge is 2.40. The van der Waals surface area contributed by atoms with Crippen LogP contribution in [-0.2, 0) is 11.0 Å². The molecule has 0 fully saturated rings. The number of esters is 1. The van der Waals surface area contributed by atoms with Gasteiger partial charge in [-0.3, -0.25) is 4.79 Å². The molecule has 0 radical (unpaired) electrons. The number of ether oxygens (including phenoxy) is 3. The first-order valence-corrected chi connectivity index (χ1v) is 11.5. The average molecular weight is 541 g/mol. The lowest BCUT2D eigenvalue weighted by Gasteiger charge is -2.14. The fraction of sp³-hybridized carbons (Fsp3) is 0.0714. The maximum absolute atomic E-state index is 13.9. The largest absolute Gasteiger partial charge is 0.482 e. The molecule has 0 N–H and O–H groups in total. The molecule has 5 aromatic rings. The zero-order valence-corrected chi connectivity index (χ0v) is 20.0. The predicted molar refractivity (Wildman–Crippen MR) is 134 cm³/mol. The molecule has 192 valence electrons. The van der Waals surface area contributed by atoms with Crippen molar-refractivity contribution in [3.8, 4) is 23.0 Å². The van der Waals surface area contributed by atoms with Gasteiger partial charge in [0.15, 0.2) is 6.61 Å². The van der Waals surface area contributed by atoms with Crippen molar-refractivity contribution in [2.75, 3.05) is 6.61 Å². The molecule has 0 saturated carbocycles. The van der Waals surface area contributed by atoms with Gasteiger partial charge >= 0.3 is 12.1 Å². The summed E-state index contributed by atoms with van der Waals surface area (Å²) in [5.41, 5.74) is -1.47. The molecule has 6 nitrogen and oxygen atoms in total. The third-order valence-electron chi connectivity index (χ3n) is 5.42. The van der Waals surface area contributed by atoms with Crippen LogP contribution in [0.4, 0.5) is 13.2 Å². The van der Waals surface area contributed by atoms with Crippen LogP contribution in [0.2, 0.25) is 5.02 Å². The quantitative estimate of drug-likeness (QED) is 0.165. The van der Waals surface area contributed by atoms with Gasteiger partial charge in [0.1, 0.15) is 22.8 Å². The van der Waals surface area contributed by atoms with E-state index in [1.807, 2.05) is 12.1 Å². The summed E-state index contributed by atoms with van der Waals surface area (Å²) in [6, 6.07) is 21.5. The Bertz CT molecular complexity index is 1710.